The van der Waals surface area contributed by atoms with Gasteiger partial charge in [-0.3, -0.25) is 14.9 Å². The molecule has 0 fully saturated rings. The Morgan fingerprint density at radius 2 is 1.92 bits per heavy atom. The number of carbonyl (C=O) groups excluding carboxylic acids is 1. The van der Waals surface area contributed by atoms with Gasteiger partial charge in [0.05, 0.1) is 11.1 Å². The molecule has 132 valence electrons. The number of nitrogens with one attached hydrogen (secondary N) is 1. The summed E-state index contributed by atoms with van der Waals surface area (Å²) in [5, 5.41) is 15.2. The molecule has 2 aromatic carbocycles. The lowest BCUT2D eigenvalue weighted by molar-refractivity contribution is -0.384. The molecule has 3 aromatic rings. The third-order valence-electron chi connectivity index (χ3n) is 3.92. The van der Waals surface area contributed by atoms with E-state index in [0.29, 0.717) is 16.9 Å². The molecule has 0 atom stereocenters. The van der Waals surface area contributed by atoms with Crippen LogP contribution in [0, 0.1) is 10.1 Å². The quantitative estimate of drug-likeness (QED) is 0.422. The molecule has 0 aliphatic carbocycles. The zero-order valence-electron chi connectivity index (χ0n) is 14.3. The molecule has 1 amide bonds. The second-order valence-corrected chi connectivity index (χ2v) is 6.11. The molecule has 0 saturated carbocycles. The average Bonchev–Trinajstić information content (AvgIpc) is 3.05. The van der Waals surface area contributed by atoms with Crippen LogP contribution in [0.25, 0.3) is 11.0 Å². The second-order valence-electron chi connectivity index (χ2n) is 6.11. The van der Waals surface area contributed by atoms with Crippen LogP contribution in [0.5, 0.6) is 0 Å². The Morgan fingerprint density at radius 3 is 2.58 bits per heavy atom. The highest BCUT2D eigenvalue weighted by Gasteiger charge is 2.14. The fraction of sp³-hybridized carbons (Fsp3) is 0.158. The lowest BCUT2D eigenvalue weighted by Gasteiger charge is -2.04. The minimum atomic E-state index is -0.529. The molecule has 3 rings (SSSR count). The van der Waals surface area contributed by atoms with Crippen LogP contribution in [-0.2, 0) is 0 Å². The lowest BCUT2D eigenvalue weighted by Crippen LogP contribution is -2.16. The van der Waals surface area contributed by atoms with E-state index in [1.807, 2.05) is 24.3 Å². The molecule has 1 aromatic heterocycles. The van der Waals surface area contributed by atoms with Gasteiger partial charge in [0.1, 0.15) is 5.58 Å². The average molecular weight is 351 g/mol. The monoisotopic (exact) mass is 351 g/mol. The number of nitrogens with zero attached hydrogens (tertiary/aromatic N) is 2. The Balaban J connectivity index is 1.69. The third kappa shape index (κ3) is 3.77. The van der Waals surface area contributed by atoms with Gasteiger partial charge in [-0.05, 0) is 29.2 Å². The fourth-order valence-electron chi connectivity index (χ4n) is 2.44. The maximum atomic E-state index is 12.1. The summed E-state index contributed by atoms with van der Waals surface area (Å²) in [4.78, 5) is 22.4. The molecule has 0 bridgehead atoms. The normalized spacial score (nSPS) is 11.3. The van der Waals surface area contributed by atoms with Crippen molar-refractivity contribution in [1.82, 2.24) is 5.43 Å². The summed E-state index contributed by atoms with van der Waals surface area (Å²) in [6, 6.07) is 13.5. The molecule has 26 heavy (non-hydrogen) atoms. The molecular formula is C19H17N3O4. The summed E-state index contributed by atoms with van der Waals surface area (Å²) in [7, 11) is 0. The lowest BCUT2D eigenvalue weighted by atomic mass is 10.0. The van der Waals surface area contributed by atoms with Gasteiger partial charge >= 0.3 is 5.91 Å². The number of amides is 1. The molecule has 0 aliphatic heterocycles. The van der Waals surface area contributed by atoms with E-state index in [1.54, 1.807) is 0 Å². The molecule has 0 unspecified atom stereocenters. The van der Waals surface area contributed by atoms with Crippen molar-refractivity contribution in [1.29, 1.82) is 0 Å². The van der Waals surface area contributed by atoms with Gasteiger partial charge in [0.15, 0.2) is 5.76 Å². The first-order valence-electron chi connectivity index (χ1n) is 8.05. The van der Waals surface area contributed by atoms with E-state index < -0.39 is 10.8 Å². The van der Waals surface area contributed by atoms with Crippen molar-refractivity contribution in [3.05, 3.63) is 75.5 Å². The summed E-state index contributed by atoms with van der Waals surface area (Å²) in [6.45, 7) is 4.23. The van der Waals surface area contributed by atoms with Crippen molar-refractivity contribution >= 4 is 28.8 Å². The third-order valence-corrected chi connectivity index (χ3v) is 3.92. The van der Waals surface area contributed by atoms with Crippen molar-refractivity contribution in [2.75, 3.05) is 0 Å². The smallest absolute Gasteiger partial charge is 0.307 e. The number of rotatable bonds is 5. The number of non-ortho nitro benzene ring substituents is 1. The van der Waals surface area contributed by atoms with E-state index in [4.69, 9.17) is 4.42 Å². The molecule has 7 nitrogen and oxygen atoms in total. The van der Waals surface area contributed by atoms with Gasteiger partial charge in [-0.15, -0.1) is 0 Å². The summed E-state index contributed by atoms with van der Waals surface area (Å²) >= 11 is 0. The minimum Gasteiger partial charge on any atom is -0.451 e. The number of furan rings is 1. The highest BCUT2D eigenvalue weighted by atomic mass is 16.6. The van der Waals surface area contributed by atoms with Crippen molar-refractivity contribution in [2.45, 2.75) is 19.8 Å². The van der Waals surface area contributed by atoms with Crippen LogP contribution in [0.15, 0.2) is 58.0 Å². The number of benzene rings is 2. The maximum absolute atomic E-state index is 12.1. The Morgan fingerprint density at radius 1 is 1.19 bits per heavy atom. The predicted molar refractivity (Wildman–Crippen MR) is 98.5 cm³/mol. The number of hydrazone groups is 1. The standard InChI is InChI=1S/C19H17N3O4/c1-12(2)14-5-3-13(4-6-14)11-20-21-19(23)18-10-15-9-16(22(24)25)7-8-17(15)26-18/h3-12H,1-2H3,(H,21,23). The summed E-state index contributed by atoms with van der Waals surface area (Å²) in [5.41, 5.74) is 4.80. The first kappa shape index (κ1) is 17.3. The molecule has 0 radical (unpaired) electrons. The van der Waals surface area contributed by atoms with Crippen LogP contribution in [0.4, 0.5) is 5.69 Å². The zero-order valence-corrected chi connectivity index (χ0v) is 14.3. The topological polar surface area (TPSA) is 97.7 Å². The second kappa shape index (κ2) is 7.18. The van der Waals surface area contributed by atoms with E-state index in [1.165, 1.54) is 36.0 Å². The van der Waals surface area contributed by atoms with Crippen LogP contribution in [0.2, 0.25) is 0 Å². The van der Waals surface area contributed by atoms with Crippen LogP contribution in [0.1, 0.15) is 41.4 Å². The van der Waals surface area contributed by atoms with Crippen molar-refractivity contribution in [3.8, 4) is 0 Å². The van der Waals surface area contributed by atoms with Gasteiger partial charge in [0.25, 0.3) is 5.69 Å². The molecular weight excluding hydrogens is 334 g/mol. The molecule has 0 aliphatic rings. The van der Waals surface area contributed by atoms with E-state index in [0.717, 1.165) is 5.56 Å². The Bertz CT molecular complexity index is 988. The number of hydrogen-bond acceptors (Lipinski definition) is 5. The van der Waals surface area contributed by atoms with Gasteiger partial charge in [-0.25, -0.2) is 5.43 Å². The maximum Gasteiger partial charge on any atom is 0.307 e. The fourth-order valence-corrected chi connectivity index (χ4v) is 2.44. The first-order valence-corrected chi connectivity index (χ1v) is 8.05. The van der Waals surface area contributed by atoms with Gasteiger partial charge in [-0.1, -0.05) is 38.1 Å². The van der Waals surface area contributed by atoms with Gasteiger partial charge in [-0.2, -0.15) is 5.10 Å². The largest absolute Gasteiger partial charge is 0.451 e. The molecule has 1 heterocycles. The number of fused-ring (bicyclic) bond motifs is 1. The van der Waals surface area contributed by atoms with Gasteiger partial charge in [0.2, 0.25) is 0 Å². The summed E-state index contributed by atoms with van der Waals surface area (Å²) < 4.78 is 5.40. The van der Waals surface area contributed by atoms with E-state index in [2.05, 4.69) is 24.4 Å². The number of nitro groups is 1. The van der Waals surface area contributed by atoms with E-state index in [-0.39, 0.29) is 11.4 Å². The first-order chi connectivity index (χ1) is 12.4. The molecule has 1 N–H and O–H groups in total. The highest BCUT2D eigenvalue weighted by molar-refractivity contribution is 5.97. The van der Waals surface area contributed by atoms with Crippen LogP contribution in [-0.4, -0.2) is 17.0 Å². The van der Waals surface area contributed by atoms with Crippen LogP contribution in [0.3, 0.4) is 0 Å². The Kier molecular flexibility index (Phi) is 4.79. The van der Waals surface area contributed by atoms with Gasteiger partial charge < -0.3 is 4.42 Å². The highest BCUT2D eigenvalue weighted by Crippen LogP contribution is 2.24. The zero-order chi connectivity index (χ0) is 18.7. The molecule has 7 heteroatoms. The van der Waals surface area contributed by atoms with Crippen LogP contribution >= 0.6 is 0 Å². The van der Waals surface area contributed by atoms with Crippen LogP contribution < -0.4 is 5.43 Å². The van der Waals surface area contributed by atoms with Gasteiger partial charge in [0, 0.05) is 17.5 Å². The van der Waals surface area contributed by atoms with Crippen molar-refractivity contribution in [2.24, 2.45) is 5.10 Å². The van der Waals surface area contributed by atoms with Crippen molar-refractivity contribution in [3.63, 3.8) is 0 Å². The SMILES string of the molecule is CC(C)c1ccc(C=NNC(=O)c2cc3cc([N+](=O)[O-])ccc3o2)cc1. The summed E-state index contributed by atoms with van der Waals surface area (Å²) in [5.74, 6) is -0.0451. The van der Waals surface area contributed by atoms with Crippen molar-refractivity contribution < 1.29 is 14.1 Å². The number of carbonyl (C=O) groups is 1. The number of nitro benzene ring substituents is 1. The number of hydrogen-bond donors (Lipinski definition) is 1. The predicted octanol–water partition coefficient (Wildman–Crippen LogP) is 4.23. The molecule has 0 saturated heterocycles. The minimum absolute atomic E-state index is 0.0350. The van der Waals surface area contributed by atoms with E-state index >= 15 is 0 Å². The summed E-state index contributed by atoms with van der Waals surface area (Å²) in [6.07, 6.45) is 1.54. The Hall–Kier alpha value is -3.48. The Labute approximate surface area is 149 Å². The molecule has 0 spiro atoms. The van der Waals surface area contributed by atoms with E-state index in [9.17, 15) is 14.9 Å².